The molecule has 3 rings (SSSR count). The molecule has 0 saturated carbocycles. The highest BCUT2D eigenvalue weighted by Gasteiger charge is 2.08. The van der Waals surface area contributed by atoms with Gasteiger partial charge in [-0.3, -0.25) is 9.78 Å². The molecule has 5 nitrogen and oxygen atoms in total. The second-order valence-corrected chi connectivity index (χ2v) is 7.38. The van der Waals surface area contributed by atoms with Crippen LogP contribution in [0.2, 0.25) is 0 Å². The first-order valence-electron chi connectivity index (χ1n) is 9.22. The van der Waals surface area contributed by atoms with Crippen LogP contribution in [-0.2, 0) is 24.4 Å². The summed E-state index contributed by atoms with van der Waals surface area (Å²) in [7, 11) is 1.61. The van der Waals surface area contributed by atoms with E-state index in [-0.39, 0.29) is 5.91 Å². The number of aryl methyl sites for hydroxylation is 1. The molecule has 0 aliphatic heterocycles. The Morgan fingerprint density at radius 2 is 2.07 bits per heavy atom. The lowest BCUT2D eigenvalue weighted by Gasteiger charge is -2.13. The fourth-order valence-corrected chi connectivity index (χ4v) is 3.50. The molecule has 3 aromatic rings. The number of ether oxygens (including phenoxy) is 2. The van der Waals surface area contributed by atoms with Crippen LogP contribution in [-0.4, -0.2) is 18.0 Å². The van der Waals surface area contributed by atoms with E-state index in [2.05, 4.69) is 21.7 Å². The van der Waals surface area contributed by atoms with Gasteiger partial charge in [-0.2, -0.15) is 0 Å². The van der Waals surface area contributed by atoms with Crippen LogP contribution < -0.4 is 14.8 Å². The zero-order chi connectivity index (χ0) is 19.6. The summed E-state index contributed by atoms with van der Waals surface area (Å²) in [5, 5.41) is 5.03. The predicted octanol–water partition coefficient (Wildman–Crippen LogP) is 4.37. The van der Waals surface area contributed by atoms with Crippen molar-refractivity contribution in [1.29, 1.82) is 0 Å². The fourth-order valence-electron chi connectivity index (χ4n) is 2.75. The van der Waals surface area contributed by atoms with Gasteiger partial charge >= 0.3 is 0 Å². The molecule has 0 aliphatic carbocycles. The molecule has 28 heavy (non-hydrogen) atoms. The minimum absolute atomic E-state index is 0.0624. The second-order valence-electron chi connectivity index (χ2n) is 6.34. The summed E-state index contributed by atoms with van der Waals surface area (Å²) < 4.78 is 11.3. The number of hydrogen-bond donors (Lipinski definition) is 1. The minimum atomic E-state index is 0.0624. The molecule has 0 saturated heterocycles. The Bertz CT molecular complexity index is 867. The van der Waals surface area contributed by atoms with Gasteiger partial charge in [-0.05, 0) is 48.1 Å². The van der Waals surface area contributed by atoms with Crippen LogP contribution in [0.5, 0.6) is 11.5 Å². The Morgan fingerprint density at radius 3 is 2.82 bits per heavy atom. The minimum Gasteiger partial charge on any atom is -0.493 e. The Morgan fingerprint density at radius 1 is 1.14 bits per heavy atom. The molecule has 0 fully saturated rings. The van der Waals surface area contributed by atoms with Gasteiger partial charge in [-0.1, -0.05) is 18.2 Å². The number of pyridine rings is 1. The monoisotopic (exact) mass is 396 g/mol. The van der Waals surface area contributed by atoms with Crippen molar-refractivity contribution in [3.05, 3.63) is 76.2 Å². The molecule has 1 aromatic carbocycles. The second kappa shape index (κ2) is 10.5. The zero-order valence-corrected chi connectivity index (χ0v) is 16.7. The zero-order valence-electron chi connectivity index (χ0n) is 15.9. The number of nitrogens with zero attached hydrogens (tertiary/aromatic N) is 1. The largest absolute Gasteiger partial charge is 0.493 e. The van der Waals surface area contributed by atoms with Crippen molar-refractivity contribution in [3.8, 4) is 11.5 Å². The molecule has 6 heteroatoms. The van der Waals surface area contributed by atoms with E-state index in [1.54, 1.807) is 30.8 Å². The van der Waals surface area contributed by atoms with Crippen LogP contribution in [0.4, 0.5) is 0 Å². The topological polar surface area (TPSA) is 60.5 Å². The van der Waals surface area contributed by atoms with Crippen LogP contribution in [0.1, 0.15) is 28.8 Å². The van der Waals surface area contributed by atoms with E-state index < -0.39 is 0 Å². The molecule has 0 unspecified atom stereocenters. The molecule has 0 bridgehead atoms. The smallest absolute Gasteiger partial charge is 0.220 e. The highest BCUT2D eigenvalue weighted by Crippen LogP contribution is 2.28. The molecule has 1 amide bonds. The SMILES string of the molecule is COc1cc(CNC(=O)CCCc2cccs2)ccc1OCc1cccnc1. The van der Waals surface area contributed by atoms with Crippen LogP contribution in [0.3, 0.4) is 0 Å². The van der Waals surface area contributed by atoms with Gasteiger partial charge in [0.1, 0.15) is 6.61 Å². The van der Waals surface area contributed by atoms with E-state index in [0.29, 0.717) is 31.1 Å². The third-order valence-corrected chi connectivity index (χ3v) is 5.18. The summed E-state index contributed by atoms with van der Waals surface area (Å²) in [6.45, 7) is 0.890. The summed E-state index contributed by atoms with van der Waals surface area (Å²) in [4.78, 5) is 17.5. The molecule has 0 aliphatic rings. The quantitative estimate of drug-likeness (QED) is 0.553. The summed E-state index contributed by atoms with van der Waals surface area (Å²) in [5.74, 6) is 1.37. The summed E-state index contributed by atoms with van der Waals surface area (Å²) in [6.07, 6.45) is 5.84. The van der Waals surface area contributed by atoms with Crippen molar-refractivity contribution >= 4 is 17.2 Å². The molecule has 2 aromatic heterocycles. The maximum Gasteiger partial charge on any atom is 0.220 e. The molecule has 1 N–H and O–H groups in total. The summed E-state index contributed by atoms with van der Waals surface area (Å²) in [6, 6.07) is 13.7. The number of nitrogens with one attached hydrogen (secondary N) is 1. The van der Waals surface area contributed by atoms with E-state index >= 15 is 0 Å². The van der Waals surface area contributed by atoms with Gasteiger partial charge in [0.2, 0.25) is 5.91 Å². The van der Waals surface area contributed by atoms with E-state index in [0.717, 1.165) is 24.0 Å². The summed E-state index contributed by atoms with van der Waals surface area (Å²) in [5.41, 5.74) is 1.96. The number of thiophene rings is 1. The van der Waals surface area contributed by atoms with Gasteiger partial charge < -0.3 is 14.8 Å². The molecule has 2 heterocycles. The van der Waals surface area contributed by atoms with E-state index in [1.165, 1.54) is 4.88 Å². The Kier molecular flexibility index (Phi) is 7.44. The Hall–Kier alpha value is -2.86. The number of amides is 1. The number of methoxy groups -OCH3 is 1. The van der Waals surface area contributed by atoms with Crippen LogP contribution >= 0.6 is 11.3 Å². The third-order valence-electron chi connectivity index (χ3n) is 4.24. The molecule has 0 spiro atoms. The van der Waals surface area contributed by atoms with Gasteiger partial charge in [0.05, 0.1) is 7.11 Å². The lowest BCUT2D eigenvalue weighted by atomic mass is 10.1. The van der Waals surface area contributed by atoms with Crippen molar-refractivity contribution in [2.75, 3.05) is 7.11 Å². The Balaban J connectivity index is 1.46. The van der Waals surface area contributed by atoms with Crippen LogP contribution in [0, 0.1) is 0 Å². The van der Waals surface area contributed by atoms with Gasteiger partial charge in [-0.15, -0.1) is 11.3 Å². The standard InChI is InChI=1S/C22H24N2O3S/c1-26-21-13-17(9-10-20(21)27-16-18-5-3-11-23-14-18)15-24-22(25)8-2-6-19-7-4-12-28-19/h3-5,7,9-14H,2,6,8,15-16H2,1H3,(H,24,25). The predicted molar refractivity (Wildman–Crippen MR) is 111 cm³/mol. The number of hydrogen-bond acceptors (Lipinski definition) is 5. The van der Waals surface area contributed by atoms with E-state index in [1.807, 2.05) is 36.4 Å². The number of carbonyl (C=O) groups is 1. The van der Waals surface area contributed by atoms with Crippen molar-refractivity contribution in [2.24, 2.45) is 0 Å². The lowest BCUT2D eigenvalue weighted by Crippen LogP contribution is -2.22. The van der Waals surface area contributed by atoms with Gasteiger partial charge in [0.25, 0.3) is 0 Å². The van der Waals surface area contributed by atoms with Crippen LogP contribution in [0.25, 0.3) is 0 Å². The number of carbonyl (C=O) groups excluding carboxylic acids is 1. The van der Waals surface area contributed by atoms with Gasteiger partial charge in [-0.25, -0.2) is 0 Å². The number of benzene rings is 1. The van der Waals surface area contributed by atoms with Crippen molar-refractivity contribution < 1.29 is 14.3 Å². The molecule has 146 valence electrons. The van der Waals surface area contributed by atoms with Crippen LogP contribution in [0.15, 0.2) is 60.2 Å². The van der Waals surface area contributed by atoms with E-state index in [4.69, 9.17) is 9.47 Å². The molecule has 0 radical (unpaired) electrons. The fraction of sp³-hybridized carbons (Fsp3) is 0.273. The first kappa shape index (κ1) is 19.9. The summed E-state index contributed by atoms with van der Waals surface area (Å²) >= 11 is 1.73. The van der Waals surface area contributed by atoms with Gasteiger partial charge in [0, 0.05) is 35.8 Å². The average Bonchev–Trinajstić information content (AvgIpc) is 3.25. The lowest BCUT2D eigenvalue weighted by molar-refractivity contribution is -0.121. The highest BCUT2D eigenvalue weighted by atomic mass is 32.1. The van der Waals surface area contributed by atoms with Crippen molar-refractivity contribution in [3.63, 3.8) is 0 Å². The third kappa shape index (κ3) is 6.09. The average molecular weight is 397 g/mol. The molecule has 0 atom stereocenters. The van der Waals surface area contributed by atoms with Gasteiger partial charge in [0.15, 0.2) is 11.5 Å². The van der Waals surface area contributed by atoms with E-state index in [9.17, 15) is 4.79 Å². The molecular formula is C22H24N2O3S. The first-order valence-corrected chi connectivity index (χ1v) is 10.1. The molecular weight excluding hydrogens is 372 g/mol. The number of aromatic nitrogens is 1. The number of rotatable bonds is 10. The normalized spacial score (nSPS) is 10.5. The highest BCUT2D eigenvalue weighted by molar-refractivity contribution is 7.09. The van der Waals surface area contributed by atoms with Crippen molar-refractivity contribution in [2.45, 2.75) is 32.4 Å². The first-order chi connectivity index (χ1) is 13.7. The Labute approximate surface area is 169 Å². The van der Waals surface area contributed by atoms with Crippen molar-refractivity contribution in [1.82, 2.24) is 10.3 Å². The maximum atomic E-state index is 12.1. The maximum absolute atomic E-state index is 12.1.